The van der Waals surface area contributed by atoms with Gasteiger partial charge in [-0.25, -0.2) is 9.48 Å². The zero-order valence-electron chi connectivity index (χ0n) is 11.3. The second kappa shape index (κ2) is 4.73. The van der Waals surface area contributed by atoms with E-state index in [1.807, 2.05) is 26.8 Å². The Bertz CT molecular complexity index is 600. The molecule has 6 nitrogen and oxygen atoms in total. The van der Waals surface area contributed by atoms with Crippen LogP contribution in [0.4, 0.5) is 0 Å². The summed E-state index contributed by atoms with van der Waals surface area (Å²) in [6, 6.07) is 1.99. The monoisotopic (exact) mass is 280 g/mol. The maximum atomic E-state index is 11.5. The second-order valence-electron chi connectivity index (χ2n) is 4.70. The number of aryl methyl sites for hydroxylation is 2. The number of nitrogens with zero attached hydrogens (tertiary/aromatic N) is 4. The summed E-state index contributed by atoms with van der Waals surface area (Å²) in [5.74, 6) is -0.429. The Hall–Kier alpha value is -1.76. The minimum Gasteiger partial charge on any atom is -0.479 e. The number of carboxylic acids is 1. The first-order valence-corrected chi connectivity index (χ1v) is 6.81. The van der Waals surface area contributed by atoms with Crippen LogP contribution < -0.4 is 0 Å². The largest absolute Gasteiger partial charge is 0.479 e. The molecule has 2 heterocycles. The highest BCUT2D eigenvalue weighted by molar-refractivity contribution is 7.15. The van der Waals surface area contributed by atoms with E-state index in [0.717, 1.165) is 10.4 Å². The van der Waals surface area contributed by atoms with Gasteiger partial charge in [-0.1, -0.05) is 6.92 Å². The molecule has 2 aromatic heterocycles. The van der Waals surface area contributed by atoms with Crippen molar-refractivity contribution in [2.45, 2.75) is 39.7 Å². The molecule has 102 valence electrons. The molecule has 0 aliphatic carbocycles. The summed E-state index contributed by atoms with van der Waals surface area (Å²) in [6.45, 7) is 7.47. The number of tetrazole rings is 1. The van der Waals surface area contributed by atoms with E-state index in [1.54, 1.807) is 18.3 Å². The van der Waals surface area contributed by atoms with Crippen molar-refractivity contribution >= 4 is 17.3 Å². The molecule has 0 spiro atoms. The van der Waals surface area contributed by atoms with Crippen LogP contribution in [0.5, 0.6) is 0 Å². The summed E-state index contributed by atoms with van der Waals surface area (Å²) in [5, 5.41) is 20.9. The predicted octanol–water partition coefficient (Wildman–Crippen LogP) is 2.23. The van der Waals surface area contributed by atoms with Gasteiger partial charge in [-0.2, -0.15) is 0 Å². The zero-order chi connectivity index (χ0) is 14.2. The van der Waals surface area contributed by atoms with Crippen LogP contribution >= 0.6 is 11.3 Å². The highest BCUT2D eigenvalue weighted by atomic mass is 32.1. The first-order valence-electron chi connectivity index (χ1n) is 5.99. The van der Waals surface area contributed by atoms with Gasteiger partial charge in [0.25, 0.3) is 0 Å². The molecule has 1 N–H and O–H groups in total. The van der Waals surface area contributed by atoms with E-state index in [-0.39, 0.29) is 0 Å². The third-order valence-corrected chi connectivity index (χ3v) is 4.62. The summed E-state index contributed by atoms with van der Waals surface area (Å²) in [6.07, 6.45) is 0.406. The van der Waals surface area contributed by atoms with Crippen LogP contribution in [0.25, 0.3) is 10.7 Å². The Morgan fingerprint density at radius 1 is 1.53 bits per heavy atom. The van der Waals surface area contributed by atoms with Crippen molar-refractivity contribution in [3.63, 3.8) is 0 Å². The lowest BCUT2D eigenvalue weighted by molar-refractivity contribution is -0.147. The molecule has 1 atom stereocenters. The number of aliphatic carboxylic acids is 1. The van der Waals surface area contributed by atoms with E-state index < -0.39 is 11.5 Å². The van der Waals surface area contributed by atoms with Crippen molar-refractivity contribution in [1.29, 1.82) is 0 Å². The highest BCUT2D eigenvalue weighted by Crippen LogP contribution is 2.32. The smallest absolute Gasteiger partial charge is 0.331 e. The van der Waals surface area contributed by atoms with Gasteiger partial charge in [0.1, 0.15) is 0 Å². The minimum absolute atomic E-state index is 0.406. The van der Waals surface area contributed by atoms with Crippen molar-refractivity contribution in [2.75, 3.05) is 0 Å². The van der Waals surface area contributed by atoms with Gasteiger partial charge in [0.15, 0.2) is 11.4 Å². The van der Waals surface area contributed by atoms with Crippen molar-refractivity contribution < 1.29 is 9.90 Å². The van der Waals surface area contributed by atoms with Crippen LogP contribution in [0.2, 0.25) is 0 Å². The first kappa shape index (κ1) is 13.7. The molecule has 0 radical (unpaired) electrons. The van der Waals surface area contributed by atoms with Gasteiger partial charge in [-0.15, -0.1) is 16.4 Å². The zero-order valence-corrected chi connectivity index (χ0v) is 12.2. The van der Waals surface area contributed by atoms with Gasteiger partial charge in [0.2, 0.25) is 0 Å². The first-order chi connectivity index (χ1) is 8.90. The Labute approximate surface area is 115 Å². The third kappa shape index (κ3) is 2.14. The lowest BCUT2D eigenvalue weighted by Gasteiger charge is -2.23. The van der Waals surface area contributed by atoms with Gasteiger partial charge in [-0.3, -0.25) is 0 Å². The minimum atomic E-state index is -1.13. The van der Waals surface area contributed by atoms with E-state index in [9.17, 15) is 9.90 Å². The number of rotatable bonds is 4. The highest BCUT2D eigenvalue weighted by Gasteiger charge is 2.37. The summed E-state index contributed by atoms with van der Waals surface area (Å²) < 4.78 is 1.40. The Kier molecular flexibility index (Phi) is 3.40. The van der Waals surface area contributed by atoms with Gasteiger partial charge in [-0.05, 0) is 49.2 Å². The molecule has 0 aliphatic rings. The van der Waals surface area contributed by atoms with Gasteiger partial charge in [0, 0.05) is 4.88 Å². The molecule has 0 saturated heterocycles. The van der Waals surface area contributed by atoms with E-state index in [0.29, 0.717) is 12.2 Å². The summed E-state index contributed by atoms with van der Waals surface area (Å²) in [5.41, 5.74) is 0.0213. The second-order valence-corrected chi connectivity index (χ2v) is 5.95. The summed E-state index contributed by atoms with van der Waals surface area (Å²) in [7, 11) is 0. The molecular formula is C12H16N4O2S. The normalized spacial score (nSPS) is 14.3. The summed E-state index contributed by atoms with van der Waals surface area (Å²) >= 11 is 1.57. The fourth-order valence-corrected chi connectivity index (χ4v) is 2.75. The number of hydrogen-bond acceptors (Lipinski definition) is 5. The molecule has 1 unspecified atom stereocenters. The van der Waals surface area contributed by atoms with E-state index in [4.69, 9.17) is 0 Å². The Balaban J connectivity index is 2.57. The lowest BCUT2D eigenvalue weighted by Crippen LogP contribution is -2.39. The van der Waals surface area contributed by atoms with Crippen LogP contribution in [-0.4, -0.2) is 31.3 Å². The number of carbonyl (C=O) groups is 1. The van der Waals surface area contributed by atoms with Crippen LogP contribution in [0.3, 0.4) is 0 Å². The Morgan fingerprint density at radius 3 is 2.68 bits per heavy atom. The van der Waals surface area contributed by atoms with Crippen molar-refractivity contribution in [1.82, 2.24) is 20.2 Å². The van der Waals surface area contributed by atoms with Gasteiger partial charge in [0.05, 0.1) is 4.88 Å². The van der Waals surface area contributed by atoms with Gasteiger partial charge < -0.3 is 5.11 Å². The SMILES string of the molecule is CCC(C)(C(=O)O)n1nnnc1-c1cc(C)c(C)s1. The average molecular weight is 280 g/mol. The van der Waals surface area contributed by atoms with Gasteiger partial charge >= 0.3 is 5.97 Å². The van der Waals surface area contributed by atoms with Crippen molar-refractivity contribution in [2.24, 2.45) is 0 Å². The molecule has 19 heavy (non-hydrogen) atoms. The number of carboxylic acid groups (broad SMARTS) is 1. The predicted molar refractivity (Wildman–Crippen MR) is 72.2 cm³/mol. The molecule has 7 heteroatoms. The van der Waals surface area contributed by atoms with E-state index >= 15 is 0 Å². The maximum absolute atomic E-state index is 11.5. The number of thiophene rings is 1. The Morgan fingerprint density at radius 2 is 2.21 bits per heavy atom. The van der Waals surface area contributed by atoms with E-state index in [1.165, 1.54) is 9.56 Å². The van der Waals surface area contributed by atoms with Crippen LogP contribution in [-0.2, 0) is 10.3 Å². The van der Waals surface area contributed by atoms with Crippen LogP contribution in [0.15, 0.2) is 6.07 Å². The molecule has 0 aliphatic heterocycles. The fourth-order valence-electron chi connectivity index (χ4n) is 1.75. The fraction of sp³-hybridized carbons (Fsp3) is 0.500. The lowest BCUT2D eigenvalue weighted by atomic mass is 9.99. The molecular weight excluding hydrogens is 264 g/mol. The molecule has 0 saturated carbocycles. The standard InChI is InChI=1S/C12H16N4O2S/c1-5-12(4,11(17)18)16-10(13-14-15-16)9-6-7(2)8(3)19-9/h6H,5H2,1-4H3,(H,17,18). The quantitative estimate of drug-likeness (QED) is 0.928. The molecule has 2 aromatic rings. The van der Waals surface area contributed by atoms with Crippen molar-refractivity contribution in [3.8, 4) is 10.7 Å². The molecule has 0 bridgehead atoms. The average Bonchev–Trinajstić information content (AvgIpc) is 2.96. The van der Waals surface area contributed by atoms with Crippen LogP contribution in [0.1, 0.15) is 30.7 Å². The maximum Gasteiger partial charge on any atom is 0.331 e. The molecule has 0 aromatic carbocycles. The number of hydrogen-bond donors (Lipinski definition) is 1. The molecule has 0 amide bonds. The molecule has 0 fully saturated rings. The molecule has 2 rings (SSSR count). The summed E-state index contributed by atoms with van der Waals surface area (Å²) in [4.78, 5) is 13.6. The number of aromatic nitrogens is 4. The van der Waals surface area contributed by atoms with Crippen molar-refractivity contribution in [3.05, 3.63) is 16.5 Å². The third-order valence-electron chi connectivity index (χ3n) is 3.47. The topological polar surface area (TPSA) is 80.9 Å². The van der Waals surface area contributed by atoms with E-state index in [2.05, 4.69) is 15.5 Å². The van der Waals surface area contributed by atoms with Crippen LogP contribution in [0, 0.1) is 13.8 Å².